The summed E-state index contributed by atoms with van der Waals surface area (Å²) in [6.45, 7) is 9.07. The first-order valence-corrected chi connectivity index (χ1v) is 7.34. The average molecular weight is 295 g/mol. The molecular formula is C16H25NO4. The maximum Gasteiger partial charge on any atom is 0.251 e. The highest BCUT2D eigenvalue weighted by Gasteiger charge is 2.12. The van der Waals surface area contributed by atoms with Crippen LogP contribution in [0, 0.1) is 0 Å². The minimum atomic E-state index is -0.418. The first-order chi connectivity index (χ1) is 10.1. The third-order valence-corrected chi connectivity index (χ3v) is 2.60. The molecule has 0 saturated heterocycles. The van der Waals surface area contributed by atoms with Crippen LogP contribution in [-0.2, 0) is 9.47 Å². The largest absolute Gasteiger partial charge is 0.491 e. The highest BCUT2D eigenvalue weighted by Crippen LogP contribution is 2.14. The molecule has 1 aromatic rings. The van der Waals surface area contributed by atoms with Gasteiger partial charge < -0.3 is 19.5 Å². The predicted molar refractivity (Wildman–Crippen MR) is 81.6 cm³/mol. The van der Waals surface area contributed by atoms with Crippen molar-refractivity contribution in [1.29, 1.82) is 0 Å². The fraction of sp³-hybridized carbons (Fsp3) is 0.562. The van der Waals surface area contributed by atoms with Crippen molar-refractivity contribution in [3.8, 4) is 5.75 Å². The van der Waals surface area contributed by atoms with E-state index in [1.54, 1.807) is 18.2 Å². The van der Waals surface area contributed by atoms with E-state index in [0.717, 1.165) is 0 Å². The van der Waals surface area contributed by atoms with Crippen LogP contribution in [0.2, 0.25) is 0 Å². The molecule has 1 amide bonds. The van der Waals surface area contributed by atoms with Crippen LogP contribution in [0.5, 0.6) is 5.75 Å². The Morgan fingerprint density at radius 2 is 1.86 bits per heavy atom. The van der Waals surface area contributed by atoms with E-state index in [4.69, 9.17) is 14.2 Å². The van der Waals surface area contributed by atoms with E-state index >= 15 is 0 Å². The minimum absolute atomic E-state index is 0.0728. The van der Waals surface area contributed by atoms with Crippen molar-refractivity contribution in [3.05, 3.63) is 29.8 Å². The van der Waals surface area contributed by atoms with Gasteiger partial charge in [-0.25, -0.2) is 0 Å². The van der Waals surface area contributed by atoms with Crippen molar-refractivity contribution >= 4 is 5.91 Å². The first-order valence-electron chi connectivity index (χ1n) is 7.34. The molecule has 0 heterocycles. The van der Waals surface area contributed by atoms with Crippen molar-refractivity contribution in [1.82, 2.24) is 5.32 Å². The van der Waals surface area contributed by atoms with Gasteiger partial charge in [-0.05, 0) is 45.9 Å². The Bertz CT molecular complexity index is 428. The Morgan fingerprint density at radius 1 is 1.19 bits per heavy atom. The Morgan fingerprint density at radius 3 is 2.43 bits per heavy atom. The van der Waals surface area contributed by atoms with E-state index in [1.165, 1.54) is 0 Å². The first kappa shape index (κ1) is 17.5. The molecule has 0 fully saturated rings. The zero-order valence-electron chi connectivity index (χ0n) is 13.2. The third-order valence-electron chi connectivity index (χ3n) is 2.60. The molecular weight excluding hydrogens is 270 g/mol. The minimum Gasteiger partial charge on any atom is -0.491 e. The molecule has 0 unspecified atom stereocenters. The van der Waals surface area contributed by atoms with Gasteiger partial charge in [0.2, 0.25) is 0 Å². The topological polar surface area (TPSA) is 56.8 Å². The molecule has 5 heteroatoms. The second kappa shape index (κ2) is 9.37. The summed E-state index contributed by atoms with van der Waals surface area (Å²) in [5.41, 5.74) is 0.555. The summed E-state index contributed by atoms with van der Waals surface area (Å²) in [5, 5.41) is 2.80. The van der Waals surface area contributed by atoms with E-state index in [0.29, 0.717) is 31.1 Å². The van der Waals surface area contributed by atoms with Crippen LogP contribution in [0.4, 0.5) is 0 Å². The lowest BCUT2D eigenvalue weighted by atomic mass is 10.2. The van der Waals surface area contributed by atoms with Crippen molar-refractivity contribution < 1.29 is 19.0 Å². The lowest BCUT2D eigenvalue weighted by Crippen LogP contribution is -2.35. The van der Waals surface area contributed by atoms with Crippen LogP contribution in [0.1, 0.15) is 38.1 Å². The van der Waals surface area contributed by atoms with E-state index in [9.17, 15) is 4.79 Å². The van der Waals surface area contributed by atoms with Gasteiger partial charge in [0.05, 0.1) is 12.6 Å². The Balaban J connectivity index is 2.58. The van der Waals surface area contributed by atoms with Gasteiger partial charge >= 0.3 is 0 Å². The molecule has 1 N–H and O–H groups in total. The summed E-state index contributed by atoms with van der Waals surface area (Å²) >= 11 is 0. The zero-order valence-corrected chi connectivity index (χ0v) is 13.2. The molecule has 1 rings (SSSR count). The number of carbonyl (C=O) groups excluding carboxylic acids is 1. The van der Waals surface area contributed by atoms with Crippen molar-refractivity contribution in [2.24, 2.45) is 0 Å². The van der Waals surface area contributed by atoms with Crippen molar-refractivity contribution in [2.75, 3.05) is 19.8 Å². The average Bonchev–Trinajstić information content (AvgIpc) is 2.44. The van der Waals surface area contributed by atoms with E-state index in [1.807, 2.05) is 33.8 Å². The molecule has 0 spiro atoms. The standard InChI is InChI=1S/C16H25NO4/c1-5-19-15(20-6-2)11-17-16(18)13-8-7-9-14(10-13)21-12(3)4/h7-10,12,15H,5-6,11H2,1-4H3,(H,17,18). The number of rotatable bonds is 9. The molecule has 1 aromatic carbocycles. The number of hydrogen-bond donors (Lipinski definition) is 1. The second-order valence-electron chi connectivity index (χ2n) is 4.74. The number of nitrogens with one attached hydrogen (secondary N) is 1. The van der Waals surface area contributed by atoms with Crippen LogP contribution in [0.3, 0.4) is 0 Å². The number of benzene rings is 1. The van der Waals surface area contributed by atoms with E-state index in [-0.39, 0.29) is 12.0 Å². The lowest BCUT2D eigenvalue weighted by Gasteiger charge is -2.17. The molecule has 0 atom stereocenters. The fourth-order valence-electron chi connectivity index (χ4n) is 1.80. The molecule has 0 aromatic heterocycles. The molecule has 0 saturated carbocycles. The molecule has 21 heavy (non-hydrogen) atoms. The number of amides is 1. The van der Waals surface area contributed by atoms with Crippen LogP contribution >= 0.6 is 0 Å². The molecule has 0 bridgehead atoms. The number of ether oxygens (including phenoxy) is 3. The highest BCUT2D eigenvalue weighted by molar-refractivity contribution is 5.94. The second-order valence-corrected chi connectivity index (χ2v) is 4.74. The lowest BCUT2D eigenvalue weighted by molar-refractivity contribution is -0.131. The van der Waals surface area contributed by atoms with E-state index in [2.05, 4.69) is 5.32 Å². The van der Waals surface area contributed by atoms with Gasteiger partial charge in [0.15, 0.2) is 6.29 Å². The van der Waals surface area contributed by atoms with Gasteiger partial charge in [0, 0.05) is 18.8 Å². The van der Waals surface area contributed by atoms with Gasteiger partial charge in [-0.15, -0.1) is 0 Å². The SMILES string of the molecule is CCOC(CNC(=O)c1cccc(OC(C)C)c1)OCC. The molecule has 5 nitrogen and oxygen atoms in total. The summed E-state index contributed by atoms with van der Waals surface area (Å²) in [5.74, 6) is 0.512. The molecule has 0 radical (unpaired) electrons. The zero-order chi connectivity index (χ0) is 15.7. The predicted octanol–water partition coefficient (Wildman–Crippen LogP) is 2.60. The van der Waals surface area contributed by atoms with Crippen molar-refractivity contribution in [3.63, 3.8) is 0 Å². The summed E-state index contributed by atoms with van der Waals surface area (Å²) in [6.07, 6.45) is -0.345. The number of carbonyl (C=O) groups is 1. The maximum absolute atomic E-state index is 12.1. The molecule has 0 aliphatic heterocycles. The van der Waals surface area contributed by atoms with E-state index < -0.39 is 6.29 Å². The summed E-state index contributed by atoms with van der Waals surface area (Å²) in [4.78, 5) is 12.1. The quantitative estimate of drug-likeness (QED) is 0.711. The molecule has 0 aliphatic rings. The van der Waals surface area contributed by atoms with Crippen LogP contribution < -0.4 is 10.1 Å². The molecule has 0 aliphatic carbocycles. The van der Waals surface area contributed by atoms with Crippen molar-refractivity contribution in [2.45, 2.75) is 40.1 Å². The summed E-state index contributed by atoms with van der Waals surface area (Å²) < 4.78 is 16.3. The Kier molecular flexibility index (Phi) is 7.79. The Labute approximate surface area is 126 Å². The molecule has 118 valence electrons. The highest BCUT2D eigenvalue weighted by atomic mass is 16.7. The van der Waals surface area contributed by atoms with Crippen LogP contribution in [0.15, 0.2) is 24.3 Å². The summed E-state index contributed by atoms with van der Waals surface area (Å²) in [6, 6.07) is 7.11. The van der Waals surface area contributed by atoms with Gasteiger partial charge in [0.25, 0.3) is 5.91 Å². The van der Waals surface area contributed by atoms with Gasteiger partial charge in [-0.3, -0.25) is 4.79 Å². The van der Waals surface area contributed by atoms with Gasteiger partial charge in [-0.1, -0.05) is 6.07 Å². The maximum atomic E-state index is 12.1. The monoisotopic (exact) mass is 295 g/mol. The van der Waals surface area contributed by atoms with Gasteiger partial charge in [-0.2, -0.15) is 0 Å². The third kappa shape index (κ3) is 6.60. The van der Waals surface area contributed by atoms with Crippen LogP contribution in [0.25, 0.3) is 0 Å². The summed E-state index contributed by atoms with van der Waals surface area (Å²) in [7, 11) is 0. The number of hydrogen-bond acceptors (Lipinski definition) is 4. The van der Waals surface area contributed by atoms with Crippen LogP contribution in [-0.4, -0.2) is 38.1 Å². The normalized spacial score (nSPS) is 11.0. The smallest absolute Gasteiger partial charge is 0.251 e. The fourth-order valence-corrected chi connectivity index (χ4v) is 1.80. The Hall–Kier alpha value is -1.59. The van der Waals surface area contributed by atoms with Gasteiger partial charge in [0.1, 0.15) is 5.75 Å².